The third kappa shape index (κ3) is 4.02. The molecule has 2 N–H and O–H groups in total. The van der Waals surface area contributed by atoms with E-state index in [2.05, 4.69) is 29.1 Å². The second kappa shape index (κ2) is 5.65. The Morgan fingerprint density at radius 2 is 2.25 bits per heavy atom. The third-order valence-corrected chi connectivity index (χ3v) is 2.35. The van der Waals surface area contributed by atoms with Crippen LogP contribution in [0, 0.1) is 5.41 Å². The van der Waals surface area contributed by atoms with Gasteiger partial charge in [-0.2, -0.15) is 4.98 Å². The number of hydrogen-bond donors (Lipinski definition) is 2. The SMILES string of the molecule is COc1ccnc(NCC(C)(C)CCO)n1. The summed E-state index contributed by atoms with van der Waals surface area (Å²) in [5.41, 5.74) is 0.0151. The Morgan fingerprint density at radius 1 is 1.50 bits per heavy atom. The van der Waals surface area contributed by atoms with Crippen molar-refractivity contribution >= 4 is 5.95 Å². The van der Waals surface area contributed by atoms with Crippen LogP contribution in [-0.4, -0.2) is 35.3 Å². The van der Waals surface area contributed by atoms with E-state index in [1.54, 1.807) is 19.4 Å². The lowest BCUT2D eigenvalue weighted by Crippen LogP contribution is -2.25. The van der Waals surface area contributed by atoms with E-state index in [-0.39, 0.29) is 12.0 Å². The van der Waals surface area contributed by atoms with Crippen molar-refractivity contribution in [3.05, 3.63) is 12.3 Å². The van der Waals surface area contributed by atoms with Crippen LogP contribution in [0.5, 0.6) is 5.88 Å². The van der Waals surface area contributed by atoms with Crippen molar-refractivity contribution in [1.29, 1.82) is 0 Å². The standard InChI is InChI=1S/C11H19N3O2/c1-11(2,5-7-15)8-13-10-12-6-4-9(14-10)16-3/h4,6,15H,5,7-8H2,1-3H3,(H,12,13,14). The summed E-state index contributed by atoms with van der Waals surface area (Å²) in [7, 11) is 1.57. The summed E-state index contributed by atoms with van der Waals surface area (Å²) >= 11 is 0. The number of rotatable bonds is 6. The molecule has 5 nitrogen and oxygen atoms in total. The van der Waals surface area contributed by atoms with Gasteiger partial charge in [0.25, 0.3) is 0 Å². The molecule has 0 fully saturated rings. The molecule has 1 aromatic rings. The van der Waals surface area contributed by atoms with E-state index >= 15 is 0 Å². The Labute approximate surface area is 95.9 Å². The smallest absolute Gasteiger partial charge is 0.225 e. The monoisotopic (exact) mass is 225 g/mol. The Kier molecular flexibility index (Phi) is 4.49. The Bertz CT molecular complexity index is 329. The van der Waals surface area contributed by atoms with E-state index in [0.717, 1.165) is 6.42 Å². The largest absolute Gasteiger partial charge is 0.481 e. The highest BCUT2D eigenvalue weighted by Crippen LogP contribution is 2.20. The van der Waals surface area contributed by atoms with Crippen LogP contribution < -0.4 is 10.1 Å². The molecule has 0 amide bonds. The zero-order valence-electron chi connectivity index (χ0n) is 10.0. The number of aliphatic hydroxyl groups is 1. The topological polar surface area (TPSA) is 67.3 Å². The molecule has 16 heavy (non-hydrogen) atoms. The molecule has 0 aliphatic heterocycles. The van der Waals surface area contributed by atoms with Crippen LogP contribution in [0.15, 0.2) is 12.3 Å². The van der Waals surface area contributed by atoms with Gasteiger partial charge in [-0.3, -0.25) is 0 Å². The molecule has 1 heterocycles. The molecule has 0 aliphatic carbocycles. The summed E-state index contributed by atoms with van der Waals surface area (Å²) in [6.45, 7) is 5.06. The van der Waals surface area contributed by atoms with Crippen molar-refractivity contribution in [2.24, 2.45) is 5.41 Å². The summed E-state index contributed by atoms with van der Waals surface area (Å²) in [5, 5.41) is 12.0. The number of aliphatic hydroxyl groups excluding tert-OH is 1. The highest BCUT2D eigenvalue weighted by atomic mass is 16.5. The maximum atomic E-state index is 8.90. The van der Waals surface area contributed by atoms with Gasteiger partial charge >= 0.3 is 0 Å². The molecule has 0 aliphatic rings. The van der Waals surface area contributed by atoms with Crippen LogP contribution in [0.25, 0.3) is 0 Å². The van der Waals surface area contributed by atoms with E-state index in [1.807, 2.05) is 0 Å². The van der Waals surface area contributed by atoms with E-state index in [9.17, 15) is 0 Å². The lowest BCUT2D eigenvalue weighted by molar-refractivity contribution is 0.220. The average molecular weight is 225 g/mol. The molecule has 0 spiro atoms. The summed E-state index contributed by atoms with van der Waals surface area (Å²) < 4.78 is 5.00. The van der Waals surface area contributed by atoms with Gasteiger partial charge < -0.3 is 15.2 Å². The summed E-state index contributed by atoms with van der Waals surface area (Å²) in [6, 6.07) is 1.70. The van der Waals surface area contributed by atoms with Gasteiger partial charge in [0.05, 0.1) is 7.11 Å². The summed E-state index contributed by atoms with van der Waals surface area (Å²) in [5.74, 6) is 1.09. The number of methoxy groups -OCH3 is 1. The van der Waals surface area contributed by atoms with Gasteiger partial charge in [-0.05, 0) is 11.8 Å². The number of nitrogens with zero attached hydrogens (tertiary/aromatic N) is 2. The molecule has 0 unspecified atom stereocenters. The molecule has 1 rings (SSSR count). The van der Waals surface area contributed by atoms with Crippen LogP contribution in [0.1, 0.15) is 20.3 Å². The van der Waals surface area contributed by atoms with Gasteiger partial charge in [-0.25, -0.2) is 4.98 Å². The van der Waals surface area contributed by atoms with Gasteiger partial charge in [0.15, 0.2) is 0 Å². The van der Waals surface area contributed by atoms with Crippen LogP contribution >= 0.6 is 0 Å². The fourth-order valence-electron chi connectivity index (χ4n) is 1.25. The first-order valence-corrected chi connectivity index (χ1v) is 5.29. The highest BCUT2D eigenvalue weighted by Gasteiger charge is 2.17. The minimum Gasteiger partial charge on any atom is -0.481 e. The van der Waals surface area contributed by atoms with Gasteiger partial charge in [-0.1, -0.05) is 13.8 Å². The van der Waals surface area contributed by atoms with Crippen LogP contribution in [-0.2, 0) is 0 Å². The minimum absolute atomic E-state index is 0.0151. The maximum Gasteiger partial charge on any atom is 0.225 e. The highest BCUT2D eigenvalue weighted by molar-refractivity contribution is 5.27. The Hall–Kier alpha value is -1.36. The van der Waals surface area contributed by atoms with E-state index in [4.69, 9.17) is 9.84 Å². The van der Waals surface area contributed by atoms with Crippen molar-refractivity contribution in [2.75, 3.05) is 25.6 Å². The molecule has 0 radical (unpaired) electrons. The maximum absolute atomic E-state index is 8.90. The van der Waals surface area contributed by atoms with Crippen molar-refractivity contribution in [1.82, 2.24) is 9.97 Å². The predicted molar refractivity (Wildman–Crippen MR) is 62.6 cm³/mol. The van der Waals surface area contributed by atoms with E-state index in [0.29, 0.717) is 18.4 Å². The first-order valence-electron chi connectivity index (χ1n) is 5.29. The number of ether oxygens (including phenoxy) is 1. The van der Waals surface area contributed by atoms with E-state index in [1.165, 1.54) is 0 Å². The molecule has 5 heteroatoms. The fraction of sp³-hybridized carbons (Fsp3) is 0.636. The van der Waals surface area contributed by atoms with Crippen molar-refractivity contribution in [3.63, 3.8) is 0 Å². The first-order chi connectivity index (χ1) is 7.57. The minimum atomic E-state index is 0.0151. The molecule has 0 saturated carbocycles. The van der Waals surface area contributed by atoms with Gasteiger partial charge in [0, 0.05) is 25.4 Å². The Morgan fingerprint density at radius 3 is 2.88 bits per heavy atom. The lowest BCUT2D eigenvalue weighted by Gasteiger charge is -2.23. The number of aromatic nitrogens is 2. The third-order valence-electron chi connectivity index (χ3n) is 2.35. The average Bonchev–Trinajstić information content (AvgIpc) is 2.27. The Balaban J connectivity index is 2.53. The van der Waals surface area contributed by atoms with Gasteiger partial charge in [0.2, 0.25) is 11.8 Å². The molecule has 0 aromatic carbocycles. The van der Waals surface area contributed by atoms with Crippen LogP contribution in [0.3, 0.4) is 0 Å². The van der Waals surface area contributed by atoms with Crippen molar-refractivity contribution in [3.8, 4) is 5.88 Å². The second-order valence-corrected chi connectivity index (χ2v) is 4.41. The zero-order chi connectivity index (χ0) is 12.0. The lowest BCUT2D eigenvalue weighted by atomic mass is 9.90. The fourth-order valence-corrected chi connectivity index (χ4v) is 1.25. The van der Waals surface area contributed by atoms with Crippen LogP contribution in [0.4, 0.5) is 5.95 Å². The molecular weight excluding hydrogens is 206 g/mol. The summed E-state index contributed by atoms with van der Waals surface area (Å²) in [6.07, 6.45) is 2.39. The molecule has 0 bridgehead atoms. The second-order valence-electron chi connectivity index (χ2n) is 4.41. The van der Waals surface area contributed by atoms with Crippen LogP contribution in [0.2, 0.25) is 0 Å². The molecule has 0 saturated heterocycles. The molecular formula is C11H19N3O2. The van der Waals surface area contributed by atoms with Gasteiger partial charge in [0.1, 0.15) is 0 Å². The number of nitrogens with one attached hydrogen (secondary N) is 1. The first kappa shape index (κ1) is 12.7. The number of anilines is 1. The summed E-state index contributed by atoms with van der Waals surface area (Å²) in [4.78, 5) is 8.23. The van der Waals surface area contributed by atoms with Gasteiger partial charge in [-0.15, -0.1) is 0 Å². The normalized spacial score (nSPS) is 11.2. The predicted octanol–water partition coefficient (Wildman–Crippen LogP) is 1.31. The quantitative estimate of drug-likeness (QED) is 0.764. The van der Waals surface area contributed by atoms with E-state index < -0.39 is 0 Å². The molecule has 1 aromatic heterocycles. The van der Waals surface area contributed by atoms with Crippen molar-refractivity contribution in [2.45, 2.75) is 20.3 Å². The van der Waals surface area contributed by atoms with Crippen molar-refractivity contribution < 1.29 is 9.84 Å². The molecule has 0 atom stereocenters. The zero-order valence-corrected chi connectivity index (χ0v) is 10.0. The molecule has 90 valence electrons. The number of hydrogen-bond acceptors (Lipinski definition) is 5.